The SMILES string of the molecule is CC1(C)Cc2c(ccn2CC2CSCCS2)C(N)C1. The fourth-order valence-corrected chi connectivity index (χ4v) is 5.99. The van der Waals surface area contributed by atoms with Gasteiger partial charge in [0.15, 0.2) is 0 Å². The molecule has 2 heterocycles. The maximum absolute atomic E-state index is 6.35. The van der Waals surface area contributed by atoms with Crippen LogP contribution in [0.4, 0.5) is 0 Å². The molecule has 2 unspecified atom stereocenters. The van der Waals surface area contributed by atoms with Crippen LogP contribution in [0.1, 0.15) is 37.6 Å². The quantitative estimate of drug-likeness (QED) is 0.908. The van der Waals surface area contributed by atoms with Crippen LogP contribution in [0.15, 0.2) is 12.3 Å². The summed E-state index contributed by atoms with van der Waals surface area (Å²) in [6.07, 6.45) is 4.55. The van der Waals surface area contributed by atoms with Gasteiger partial charge in [0.1, 0.15) is 0 Å². The topological polar surface area (TPSA) is 30.9 Å². The molecule has 4 heteroatoms. The van der Waals surface area contributed by atoms with E-state index >= 15 is 0 Å². The second-order valence-electron chi connectivity index (χ2n) is 6.59. The number of thioether (sulfide) groups is 2. The van der Waals surface area contributed by atoms with E-state index in [9.17, 15) is 0 Å². The van der Waals surface area contributed by atoms with E-state index in [1.54, 1.807) is 0 Å². The molecule has 2 atom stereocenters. The minimum Gasteiger partial charge on any atom is -0.350 e. The summed E-state index contributed by atoms with van der Waals surface area (Å²) in [6.45, 7) is 5.85. The summed E-state index contributed by atoms with van der Waals surface area (Å²) in [4.78, 5) is 0. The zero-order valence-electron chi connectivity index (χ0n) is 11.9. The molecular weight excluding hydrogens is 272 g/mol. The maximum atomic E-state index is 6.35. The highest BCUT2D eigenvalue weighted by Crippen LogP contribution is 2.40. The minimum atomic E-state index is 0.230. The van der Waals surface area contributed by atoms with Gasteiger partial charge in [-0.3, -0.25) is 0 Å². The average Bonchev–Trinajstić information content (AvgIpc) is 2.72. The number of nitrogens with two attached hydrogens (primary N) is 1. The average molecular weight is 297 g/mol. The molecule has 1 saturated heterocycles. The van der Waals surface area contributed by atoms with Crippen molar-refractivity contribution < 1.29 is 0 Å². The van der Waals surface area contributed by atoms with Crippen molar-refractivity contribution in [2.45, 2.75) is 44.5 Å². The maximum Gasteiger partial charge on any atom is 0.0349 e. The van der Waals surface area contributed by atoms with Crippen LogP contribution in [0.25, 0.3) is 0 Å². The molecule has 1 aliphatic carbocycles. The Balaban J connectivity index is 1.80. The van der Waals surface area contributed by atoms with Crippen molar-refractivity contribution in [3.05, 3.63) is 23.5 Å². The summed E-state index contributed by atoms with van der Waals surface area (Å²) in [5, 5.41) is 0.775. The van der Waals surface area contributed by atoms with Crippen molar-refractivity contribution in [2.24, 2.45) is 11.1 Å². The van der Waals surface area contributed by atoms with E-state index < -0.39 is 0 Å². The van der Waals surface area contributed by atoms with Crippen LogP contribution < -0.4 is 5.73 Å². The molecule has 3 rings (SSSR count). The molecule has 0 radical (unpaired) electrons. The summed E-state index contributed by atoms with van der Waals surface area (Å²) >= 11 is 4.24. The smallest absolute Gasteiger partial charge is 0.0349 e. The Bertz CT molecular complexity index is 447. The van der Waals surface area contributed by atoms with E-state index in [0.717, 1.165) is 18.2 Å². The lowest BCUT2D eigenvalue weighted by Crippen LogP contribution is -2.31. The van der Waals surface area contributed by atoms with Gasteiger partial charge in [0.25, 0.3) is 0 Å². The van der Waals surface area contributed by atoms with Crippen LogP contribution in [0.2, 0.25) is 0 Å². The van der Waals surface area contributed by atoms with E-state index in [0.29, 0.717) is 5.41 Å². The Kier molecular flexibility index (Phi) is 3.93. The van der Waals surface area contributed by atoms with Gasteiger partial charge in [-0.05, 0) is 29.9 Å². The summed E-state index contributed by atoms with van der Waals surface area (Å²) in [5.74, 6) is 3.93. The van der Waals surface area contributed by atoms with Crippen molar-refractivity contribution in [2.75, 3.05) is 17.3 Å². The summed E-state index contributed by atoms with van der Waals surface area (Å²) in [6, 6.07) is 2.49. The first-order chi connectivity index (χ1) is 9.05. The molecule has 0 saturated carbocycles. The molecule has 0 spiro atoms. The van der Waals surface area contributed by atoms with E-state index in [1.807, 2.05) is 0 Å². The van der Waals surface area contributed by atoms with Gasteiger partial charge in [-0.25, -0.2) is 0 Å². The Morgan fingerprint density at radius 1 is 1.42 bits per heavy atom. The number of aromatic nitrogens is 1. The number of fused-ring (bicyclic) bond motifs is 1. The first-order valence-corrected chi connectivity index (χ1v) is 9.38. The summed E-state index contributed by atoms with van der Waals surface area (Å²) in [5.41, 5.74) is 9.59. The lowest BCUT2D eigenvalue weighted by molar-refractivity contribution is 0.275. The monoisotopic (exact) mass is 296 g/mol. The van der Waals surface area contributed by atoms with E-state index in [-0.39, 0.29) is 6.04 Å². The zero-order chi connectivity index (χ0) is 13.5. The van der Waals surface area contributed by atoms with E-state index in [1.165, 1.54) is 34.9 Å². The van der Waals surface area contributed by atoms with Gasteiger partial charge in [-0.15, -0.1) is 0 Å². The fraction of sp³-hybridized carbons (Fsp3) is 0.733. The van der Waals surface area contributed by atoms with Crippen molar-refractivity contribution in [3.8, 4) is 0 Å². The number of nitrogens with zero attached hydrogens (tertiary/aromatic N) is 1. The number of hydrogen-bond acceptors (Lipinski definition) is 3. The van der Waals surface area contributed by atoms with Crippen molar-refractivity contribution in [1.29, 1.82) is 0 Å². The first kappa shape index (κ1) is 13.9. The van der Waals surface area contributed by atoms with Crippen LogP contribution in [0, 0.1) is 5.41 Å². The van der Waals surface area contributed by atoms with Gasteiger partial charge < -0.3 is 10.3 Å². The molecule has 0 aromatic carbocycles. The standard InChI is InChI=1S/C15H24N2S2/c1-15(2)7-13(16)12-3-4-17(14(12)8-15)9-11-10-18-5-6-19-11/h3-4,11,13H,5-10,16H2,1-2H3. The van der Waals surface area contributed by atoms with Crippen molar-refractivity contribution >= 4 is 23.5 Å². The predicted molar refractivity (Wildman–Crippen MR) is 87.0 cm³/mol. The molecule has 106 valence electrons. The molecule has 0 amide bonds. The molecule has 1 aliphatic heterocycles. The van der Waals surface area contributed by atoms with E-state index in [4.69, 9.17) is 5.73 Å². The second kappa shape index (κ2) is 5.38. The third kappa shape index (κ3) is 3.01. The lowest BCUT2D eigenvalue weighted by Gasteiger charge is -2.35. The molecule has 1 aromatic rings. The predicted octanol–water partition coefficient (Wildman–Crippen LogP) is 3.31. The number of rotatable bonds is 2. The van der Waals surface area contributed by atoms with Crippen molar-refractivity contribution in [3.63, 3.8) is 0 Å². The third-order valence-electron chi connectivity index (χ3n) is 4.22. The minimum absolute atomic E-state index is 0.230. The van der Waals surface area contributed by atoms with Gasteiger partial charge in [-0.2, -0.15) is 23.5 Å². The van der Waals surface area contributed by atoms with E-state index in [2.05, 4.69) is 54.2 Å². The lowest BCUT2D eigenvalue weighted by atomic mass is 9.74. The largest absolute Gasteiger partial charge is 0.350 e. The Labute approximate surface area is 124 Å². The third-order valence-corrected chi connectivity index (χ3v) is 7.04. The van der Waals surface area contributed by atoms with Gasteiger partial charge in [0.2, 0.25) is 0 Å². The van der Waals surface area contributed by atoms with Crippen molar-refractivity contribution in [1.82, 2.24) is 4.57 Å². The van der Waals surface area contributed by atoms with Gasteiger partial charge in [0, 0.05) is 47.0 Å². The Morgan fingerprint density at radius 2 is 2.26 bits per heavy atom. The second-order valence-corrected chi connectivity index (χ2v) is 9.15. The fourth-order valence-electron chi connectivity index (χ4n) is 3.33. The first-order valence-electron chi connectivity index (χ1n) is 7.18. The highest BCUT2D eigenvalue weighted by Gasteiger charge is 2.32. The zero-order valence-corrected chi connectivity index (χ0v) is 13.5. The van der Waals surface area contributed by atoms with Crippen LogP contribution in [-0.2, 0) is 13.0 Å². The van der Waals surface area contributed by atoms with Gasteiger partial charge in [-0.1, -0.05) is 13.8 Å². The molecule has 1 aromatic heterocycles. The molecule has 2 aliphatic rings. The molecule has 19 heavy (non-hydrogen) atoms. The van der Waals surface area contributed by atoms with Gasteiger partial charge in [0.05, 0.1) is 0 Å². The van der Waals surface area contributed by atoms with Crippen LogP contribution >= 0.6 is 23.5 Å². The number of hydrogen-bond donors (Lipinski definition) is 1. The highest BCUT2D eigenvalue weighted by molar-refractivity contribution is 8.06. The van der Waals surface area contributed by atoms with Gasteiger partial charge >= 0.3 is 0 Å². The van der Waals surface area contributed by atoms with Crippen LogP contribution in [0.3, 0.4) is 0 Å². The summed E-state index contributed by atoms with van der Waals surface area (Å²) in [7, 11) is 0. The highest BCUT2D eigenvalue weighted by atomic mass is 32.2. The Hall–Kier alpha value is -0.0600. The van der Waals surface area contributed by atoms with Crippen LogP contribution in [0.5, 0.6) is 0 Å². The van der Waals surface area contributed by atoms with Crippen LogP contribution in [-0.4, -0.2) is 27.1 Å². The molecule has 1 fully saturated rings. The Morgan fingerprint density at radius 3 is 3.00 bits per heavy atom. The summed E-state index contributed by atoms with van der Waals surface area (Å²) < 4.78 is 2.49. The molecule has 2 nitrogen and oxygen atoms in total. The molecular formula is C15H24N2S2. The molecule has 2 N–H and O–H groups in total. The molecule has 0 bridgehead atoms. The normalized spacial score (nSPS) is 30.1.